The van der Waals surface area contributed by atoms with Gasteiger partial charge in [-0.25, -0.2) is 0 Å². The van der Waals surface area contributed by atoms with Crippen LogP contribution in [0.3, 0.4) is 0 Å². The highest BCUT2D eigenvalue weighted by molar-refractivity contribution is 4.62. The fourth-order valence-corrected chi connectivity index (χ4v) is 1.09. The van der Waals surface area contributed by atoms with E-state index in [4.69, 9.17) is 4.74 Å². The van der Waals surface area contributed by atoms with Crippen LogP contribution >= 0.6 is 0 Å². The summed E-state index contributed by atoms with van der Waals surface area (Å²) in [5, 5.41) is 12.2. The van der Waals surface area contributed by atoms with Crippen molar-refractivity contribution in [1.29, 1.82) is 0 Å². The number of nitrogens with one attached hydrogen (secondary N) is 1. The SMILES string of the molecule is CC1C[C@@H](O)NCCCO1. The average molecular weight is 145 g/mol. The molecule has 3 heteroatoms. The average Bonchev–Trinajstić information content (AvgIpc) is 1.83. The van der Waals surface area contributed by atoms with Crippen LogP contribution in [-0.4, -0.2) is 30.6 Å². The van der Waals surface area contributed by atoms with Crippen molar-refractivity contribution in [2.75, 3.05) is 13.2 Å². The van der Waals surface area contributed by atoms with Gasteiger partial charge in [-0.3, -0.25) is 5.32 Å². The van der Waals surface area contributed by atoms with E-state index in [1.807, 2.05) is 6.92 Å². The Morgan fingerprint density at radius 2 is 2.40 bits per heavy atom. The second-order valence-electron chi connectivity index (χ2n) is 2.74. The molecule has 2 N–H and O–H groups in total. The minimum atomic E-state index is -0.379. The van der Waals surface area contributed by atoms with Crippen LogP contribution in [0.5, 0.6) is 0 Å². The van der Waals surface area contributed by atoms with Crippen molar-refractivity contribution < 1.29 is 9.84 Å². The van der Waals surface area contributed by atoms with Crippen LogP contribution in [-0.2, 0) is 4.74 Å². The molecule has 1 fully saturated rings. The molecule has 0 aromatic rings. The van der Waals surface area contributed by atoms with Crippen LogP contribution in [0.2, 0.25) is 0 Å². The van der Waals surface area contributed by atoms with E-state index in [-0.39, 0.29) is 12.3 Å². The van der Waals surface area contributed by atoms with Crippen LogP contribution in [0.15, 0.2) is 0 Å². The molecule has 1 rings (SSSR count). The standard InChI is InChI=1S/C7H15NO2/c1-6-5-7(9)8-3-2-4-10-6/h6-9H,2-5H2,1H3/t6?,7-/m1/s1. The second kappa shape index (κ2) is 3.91. The number of hydrogen-bond donors (Lipinski definition) is 2. The number of ether oxygens (including phenoxy) is 1. The van der Waals surface area contributed by atoms with Gasteiger partial charge in [-0.15, -0.1) is 0 Å². The van der Waals surface area contributed by atoms with E-state index < -0.39 is 0 Å². The summed E-state index contributed by atoms with van der Waals surface area (Å²) in [5.74, 6) is 0. The number of aliphatic hydroxyl groups excluding tert-OH is 1. The van der Waals surface area contributed by atoms with E-state index in [0.717, 1.165) is 19.6 Å². The Labute approximate surface area is 61.4 Å². The molecule has 0 spiro atoms. The highest BCUT2D eigenvalue weighted by Gasteiger charge is 2.11. The number of aliphatic hydroxyl groups is 1. The van der Waals surface area contributed by atoms with Crippen molar-refractivity contribution in [1.82, 2.24) is 5.32 Å². The zero-order valence-electron chi connectivity index (χ0n) is 6.34. The minimum absolute atomic E-state index is 0.183. The minimum Gasteiger partial charge on any atom is -0.379 e. The molecule has 10 heavy (non-hydrogen) atoms. The van der Waals surface area contributed by atoms with Gasteiger partial charge in [0.05, 0.1) is 6.10 Å². The molecule has 1 heterocycles. The maximum Gasteiger partial charge on any atom is 0.107 e. The first kappa shape index (κ1) is 7.98. The molecular formula is C7H15NO2. The van der Waals surface area contributed by atoms with Gasteiger partial charge >= 0.3 is 0 Å². The van der Waals surface area contributed by atoms with Crippen LogP contribution in [0, 0.1) is 0 Å². The van der Waals surface area contributed by atoms with E-state index in [0.29, 0.717) is 6.42 Å². The maximum atomic E-state index is 9.19. The molecule has 0 aliphatic carbocycles. The van der Waals surface area contributed by atoms with Gasteiger partial charge in [-0.1, -0.05) is 0 Å². The molecule has 0 aromatic heterocycles. The molecule has 0 radical (unpaired) electrons. The predicted octanol–water partition coefficient (Wildman–Crippen LogP) is 0.0933. The van der Waals surface area contributed by atoms with Gasteiger partial charge in [0.2, 0.25) is 0 Å². The van der Waals surface area contributed by atoms with Crippen molar-refractivity contribution in [3.63, 3.8) is 0 Å². The molecular weight excluding hydrogens is 130 g/mol. The van der Waals surface area contributed by atoms with Gasteiger partial charge in [0.25, 0.3) is 0 Å². The summed E-state index contributed by atoms with van der Waals surface area (Å²) in [6, 6.07) is 0. The zero-order chi connectivity index (χ0) is 7.40. The molecule has 1 aliphatic rings. The van der Waals surface area contributed by atoms with E-state index in [2.05, 4.69) is 5.32 Å². The Bertz CT molecular complexity index is 87.6. The third kappa shape index (κ3) is 2.64. The molecule has 0 amide bonds. The quantitative estimate of drug-likeness (QED) is 0.507. The summed E-state index contributed by atoms with van der Waals surface area (Å²) in [5.41, 5.74) is 0. The first-order valence-corrected chi connectivity index (χ1v) is 3.82. The van der Waals surface area contributed by atoms with Gasteiger partial charge in [0, 0.05) is 13.0 Å². The Morgan fingerprint density at radius 3 is 3.20 bits per heavy atom. The van der Waals surface area contributed by atoms with E-state index in [1.165, 1.54) is 0 Å². The van der Waals surface area contributed by atoms with Crippen LogP contribution < -0.4 is 5.32 Å². The Hall–Kier alpha value is -0.120. The smallest absolute Gasteiger partial charge is 0.107 e. The summed E-state index contributed by atoms with van der Waals surface area (Å²) in [4.78, 5) is 0. The van der Waals surface area contributed by atoms with Crippen LogP contribution in [0.25, 0.3) is 0 Å². The van der Waals surface area contributed by atoms with Gasteiger partial charge < -0.3 is 9.84 Å². The first-order valence-electron chi connectivity index (χ1n) is 3.82. The Morgan fingerprint density at radius 1 is 1.60 bits per heavy atom. The van der Waals surface area contributed by atoms with E-state index in [9.17, 15) is 5.11 Å². The number of hydrogen-bond acceptors (Lipinski definition) is 3. The zero-order valence-corrected chi connectivity index (χ0v) is 6.34. The van der Waals surface area contributed by atoms with Crippen molar-refractivity contribution in [2.45, 2.75) is 32.1 Å². The lowest BCUT2D eigenvalue weighted by atomic mass is 10.2. The maximum absolute atomic E-state index is 9.19. The molecule has 3 nitrogen and oxygen atoms in total. The third-order valence-corrected chi connectivity index (χ3v) is 1.66. The molecule has 1 saturated heterocycles. The van der Waals surface area contributed by atoms with Gasteiger partial charge in [-0.2, -0.15) is 0 Å². The summed E-state index contributed by atoms with van der Waals surface area (Å²) in [7, 11) is 0. The third-order valence-electron chi connectivity index (χ3n) is 1.66. The van der Waals surface area contributed by atoms with Crippen molar-refractivity contribution in [2.24, 2.45) is 0 Å². The van der Waals surface area contributed by atoms with Crippen molar-refractivity contribution in [3.05, 3.63) is 0 Å². The Balaban J connectivity index is 2.25. The largest absolute Gasteiger partial charge is 0.379 e. The van der Waals surface area contributed by atoms with Crippen LogP contribution in [0.1, 0.15) is 19.8 Å². The van der Waals surface area contributed by atoms with Crippen LogP contribution in [0.4, 0.5) is 0 Å². The van der Waals surface area contributed by atoms with Gasteiger partial charge in [0.15, 0.2) is 0 Å². The summed E-state index contributed by atoms with van der Waals surface area (Å²) in [6.45, 7) is 3.64. The molecule has 60 valence electrons. The molecule has 0 bridgehead atoms. The second-order valence-corrected chi connectivity index (χ2v) is 2.74. The Kier molecular flexibility index (Phi) is 3.12. The lowest BCUT2D eigenvalue weighted by Crippen LogP contribution is -2.36. The topological polar surface area (TPSA) is 41.5 Å². The molecule has 2 atom stereocenters. The molecule has 0 saturated carbocycles. The molecule has 0 aromatic carbocycles. The fourth-order valence-electron chi connectivity index (χ4n) is 1.09. The summed E-state index contributed by atoms with van der Waals surface area (Å²) >= 11 is 0. The van der Waals surface area contributed by atoms with Crippen molar-refractivity contribution in [3.8, 4) is 0 Å². The lowest BCUT2D eigenvalue weighted by Gasteiger charge is -2.21. The highest BCUT2D eigenvalue weighted by Crippen LogP contribution is 2.03. The highest BCUT2D eigenvalue weighted by atomic mass is 16.5. The molecule has 1 unspecified atom stereocenters. The first-order chi connectivity index (χ1) is 4.79. The van der Waals surface area contributed by atoms with Gasteiger partial charge in [0.1, 0.15) is 6.23 Å². The lowest BCUT2D eigenvalue weighted by molar-refractivity contribution is -0.00191. The van der Waals surface area contributed by atoms with E-state index >= 15 is 0 Å². The molecule has 1 aliphatic heterocycles. The summed E-state index contributed by atoms with van der Waals surface area (Å²) < 4.78 is 5.35. The normalized spacial score (nSPS) is 36.6. The van der Waals surface area contributed by atoms with E-state index in [1.54, 1.807) is 0 Å². The predicted molar refractivity (Wildman–Crippen MR) is 38.7 cm³/mol. The van der Waals surface area contributed by atoms with Crippen molar-refractivity contribution >= 4 is 0 Å². The monoisotopic (exact) mass is 145 g/mol. The fraction of sp³-hybridized carbons (Fsp3) is 1.00. The number of rotatable bonds is 0. The summed E-state index contributed by atoms with van der Waals surface area (Å²) in [6.07, 6.45) is 1.49. The van der Waals surface area contributed by atoms with Gasteiger partial charge in [-0.05, 0) is 19.9 Å².